The second-order valence-electron chi connectivity index (χ2n) is 3.44. The molecule has 0 spiro atoms. The summed E-state index contributed by atoms with van der Waals surface area (Å²) in [5, 5.41) is 0. The van der Waals surface area contributed by atoms with Gasteiger partial charge < -0.3 is 18.9 Å². The molecule has 1 saturated heterocycles. The van der Waals surface area contributed by atoms with E-state index in [0.29, 0.717) is 13.2 Å². The Hall–Kier alpha value is -0.0951. The van der Waals surface area contributed by atoms with Crippen LogP contribution in [0, 0.1) is 0 Å². The van der Waals surface area contributed by atoms with Crippen molar-refractivity contribution in [2.24, 2.45) is 0 Å². The minimum Gasteiger partial charge on any atom is -0.382 e. The molecule has 1 heterocycles. The zero-order valence-electron chi connectivity index (χ0n) is 8.93. The average Bonchev–Trinajstić information content (AvgIpc) is 2.48. The summed E-state index contributed by atoms with van der Waals surface area (Å²) >= 11 is 0. The van der Waals surface area contributed by atoms with Crippen LogP contribution in [-0.4, -0.2) is 59.6 Å². The van der Waals surface area contributed by atoms with Gasteiger partial charge >= 0.3 is 0 Å². The third-order valence-corrected chi connectivity index (χ3v) is 2.24. The Balaban J connectivity index is 2.40. The fourth-order valence-corrected chi connectivity index (χ4v) is 1.52. The Morgan fingerprint density at radius 1 is 1.50 bits per heavy atom. The topological polar surface area (TPSA) is 36.9 Å². The number of methoxy groups -OCH3 is 2. The summed E-state index contributed by atoms with van der Waals surface area (Å²) in [6.07, 6.45) is -0.287. The molecule has 0 aromatic rings. The molecule has 0 aliphatic carbocycles. The Morgan fingerprint density at radius 3 is 2.79 bits per heavy atom. The highest BCUT2D eigenvalue weighted by atomic mass is 16.6. The molecule has 5 heteroatoms. The minimum atomic E-state index is -0.403. The standard InChI is InChI=1S/C9H17BO4/c1-6(4-11-2)14-8-7(12-3)5-13-9(8)10/h6-9H,4-5H2,1-3H3/t6?,7?,8?,9-/m1/s1. The average molecular weight is 200 g/mol. The first-order valence-electron chi connectivity index (χ1n) is 4.73. The predicted molar refractivity (Wildman–Crippen MR) is 52.5 cm³/mol. The lowest BCUT2D eigenvalue weighted by Gasteiger charge is -2.24. The van der Waals surface area contributed by atoms with Gasteiger partial charge in [-0.15, -0.1) is 0 Å². The summed E-state index contributed by atoms with van der Waals surface area (Å²) < 4.78 is 21.1. The van der Waals surface area contributed by atoms with Gasteiger partial charge in [-0.05, 0) is 6.92 Å². The normalized spacial score (nSPS) is 34.6. The lowest BCUT2D eigenvalue weighted by atomic mass is 9.93. The molecule has 80 valence electrons. The second kappa shape index (κ2) is 5.71. The number of hydrogen-bond acceptors (Lipinski definition) is 4. The van der Waals surface area contributed by atoms with Gasteiger partial charge in [0.1, 0.15) is 20.1 Å². The highest BCUT2D eigenvalue weighted by molar-refractivity contribution is 6.11. The van der Waals surface area contributed by atoms with Gasteiger partial charge in [-0.1, -0.05) is 0 Å². The van der Waals surface area contributed by atoms with E-state index in [1.807, 2.05) is 6.92 Å². The summed E-state index contributed by atoms with van der Waals surface area (Å²) in [5.74, 6) is 0. The molecular formula is C9H17BO4. The molecule has 2 radical (unpaired) electrons. The lowest BCUT2D eigenvalue weighted by molar-refractivity contribution is -0.0860. The zero-order valence-corrected chi connectivity index (χ0v) is 8.93. The summed E-state index contributed by atoms with van der Waals surface area (Å²) in [5.41, 5.74) is 0. The van der Waals surface area contributed by atoms with Crippen molar-refractivity contribution in [2.45, 2.75) is 31.2 Å². The third kappa shape index (κ3) is 2.95. The maximum Gasteiger partial charge on any atom is 0.112 e. The van der Waals surface area contributed by atoms with Gasteiger partial charge in [-0.3, -0.25) is 0 Å². The molecule has 0 N–H and O–H groups in total. The summed E-state index contributed by atoms with van der Waals surface area (Å²) in [4.78, 5) is 0. The van der Waals surface area contributed by atoms with Crippen LogP contribution in [0.4, 0.5) is 0 Å². The van der Waals surface area contributed by atoms with Crippen LogP contribution in [0.25, 0.3) is 0 Å². The Morgan fingerprint density at radius 2 is 2.21 bits per heavy atom. The van der Waals surface area contributed by atoms with Crippen LogP contribution >= 0.6 is 0 Å². The van der Waals surface area contributed by atoms with Crippen LogP contribution in [0.15, 0.2) is 0 Å². The maximum atomic E-state index is 5.72. The quantitative estimate of drug-likeness (QED) is 0.583. The monoisotopic (exact) mass is 200 g/mol. The molecular weight excluding hydrogens is 183 g/mol. The van der Waals surface area contributed by atoms with Crippen molar-refractivity contribution in [1.29, 1.82) is 0 Å². The summed E-state index contributed by atoms with van der Waals surface area (Å²) in [7, 11) is 8.99. The molecule has 1 aliphatic heterocycles. The molecule has 14 heavy (non-hydrogen) atoms. The Bertz CT molecular complexity index is 167. The van der Waals surface area contributed by atoms with Crippen LogP contribution in [0.2, 0.25) is 0 Å². The van der Waals surface area contributed by atoms with E-state index >= 15 is 0 Å². The Kier molecular flexibility index (Phi) is 4.88. The van der Waals surface area contributed by atoms with Crippen molar-refractivity contribution in [2.75, 3.05) is 27.4 Å². The minimum absolute atomic E-state index is 0.00426. The lowest BCUT2D eigenvalue weighted by Crippen LogP contribution is -2.38. The number of rotatable bonds is 5. The predicted octanol–water partition coefficient (Wildman–Crippen LogP) is -0.0537. The first kappa shape index (κ1) is 12.0. The van der Waals surface area contributed by atoms with Gasteiger partial charge in [0.25, 0.3) is 0 Å². The van der Waals surface area contributed by atoms with Gasteiger partial charge in [-0.2, -0.15) is 0 Å². The largest absolute Gasteiger partial charge is 0.382 e. The van der Waals surface area contributed by atoms with Crippen LogP contribution < -0.4 is 0 Å². The van der Waals surface area contributed by atoms with Crippen molar-refractivity contribution in [3.05, 3.63) is 0 Å². The van der Waals surface area contributed by atoms with E-state index in [1.165, 1.54) is 0 Å². The van der Waals surface area contributed by atoms with E-state index in [9.17, 15) is 0 Å². The molecule has 1 fully saturated rings. The van der Waals surface area contributed by atoms with Gasteiger partial charge in [0.2, 0.25) is 0 Å². The van der Waals surface area contributed by atoms with Crippen molar-refractivity contribution in [1.82, 2.24) is 0 Å². The smallest absolute Gasteiger partial charge is 0.112 e. The van der Waals surface area contributed by atoms with Crippen molar-refractivity contribution < 1.29 is 18.9 Å². The van der Waals surface area contributed by atoms with Crippen LogP contribution in [0.3, 0.4) is 0 Å². The van der Waals surface area contributed by atoms with E-state index in [-0.39, 0.29) is 18.3 Å². The van der Waals surface area contributed by atoms with Crippen LogP contribution in [0.5, 0.6) is 0 Å². The highest BCUT2D eigenvalue weighted by Gasteiger charge is 2.35. The van der Waals surface area contributed by atoms with E-state index in [1.54, 1.807) is 14.2 Å². The van der Waals surface area contributed by atoms with E-state index < -0.39 is 6.00 Å². The Labute approximate surface area is 86.3 Å². The van der Waals surface area contributed by atoms with Crippen LogP contribution in [-0.2, 0) is 18.9 Å². The fraction of sp³-hybridized carbons (Fsp3) is 1.00. The van der Waals surface area contributed by atoms with Crippen molar-refractivity contribution in [3.63, 3.8) is 0 Å². The number of ether oxygens (including phenoxy) is 4. The molecule has 0 saturated carbocycles. The maximum absolute atomic E-state index is 5.72. The molecule has 0 bridgehead atoms. The first-order chi connectivity index (χ1) is 6.69. The number of hydrogen-bond donors (Lipinski definition) is 0. The fourth-order valence-electron chi connectivity index (χ4n) is 1.52. The SMILES string of the molecule is [B][C@@H]1OCC(OC)C1OC(C)COC. The molecule has 1 rings (SSSR count). The molecule has 0 amide bonds. The van der Waals surface area contributed by atoms with E-state index in [2.05, 4.69) is 0 Å². The molecule has 4 nitrogen and oxygen atoms in total. The van der Waals surface area contributed by atoms with Gasteiger partial charge in [-0.25, -0.2) is 0 Å². The van der Waals surface area contributed by atoms with E-state index in [4.69, 9.17) is 26.8 Å². The molecule has 1 aliphatic rings. The summed E-state index contributed by atoms with van der Waals surface area (Å²) in [6.45, 7) is 2.96. The first-order valence-corrected chi connectivity index (χ1v) is 4.73. The molecule has 4 atom stereocenters. The van der Waals surface area contributed by atoms with Gasteiger partial charge in [0.15, 0.2) is 0 Å². The molecule has 0 aromatic heterocycles. The van der Waals surface area contributed by atoms with Gasteiger partial charge in [0, 0.05) is 20.2 Å². The third-order valence-electron chi connectivity index (χ3n) is 2.24. The second-order valence-corrected chi connectivity index (χ2v) is 3.44. The van der Waals surface area contributed by atoms with Gasteiger partial charge in [0.05, 0.1) is 19.3 Å². The summed E-state index contributed by atoms with van der Waals surface area (Å²) in [6, 6.07) is -0.403. The molecule has 0 aromatic carbocycles. The van der Waals surface area contributed by atoms with Crippen LogP contribution in [0.1, 0.15) is 6.92 Å². The van der Waals surface area contributed by atoms with Crippen molar-refractivity contribution >= 4 is 7.85 Å². The highest BCUT2D eigenvalue weighted by Crippen LogP contribution is 2.19. The zero-order chi connectivity index (χ0) is 10.6. The molecule has 3 unspecified atom stereocenters. The van der Waals surface area contributed by atoms with Crippen molar-refractivity contribution in [3.8, 4) is 0 Å². The van der Waals surface area contributed by atoms with E-state index in [0.717, 1.165) is 0 Å².